The van der Waals surface area contributed by atoms with Crippen LogP contribution < -0.4 is 10.2 Å². The fraction of sp³-hybridized carbons (Fsp3) is 0.333. The molecular weight excluding hydrogens is 302 g/mol. The lowest BCUT2D eigenvalue weighted by Crippen LogP contribution is -2.41. The Morgan fingerprint density at radius 1 is 1.30 bits per heavy atom. The van der Waals surface area contributed by atoms with Crippen molar-refractivity contribution in [2.45, 2.75) is 32.9 Å². The maximum absolute atomic E-state index is 12.4. The molecule has 1 fully saturated rings. The van der Waals surface area contributed by atoms with Crippen molar-refractivity contribution < 1.29 is 24.3 Å². The summed E-state index contributed by atoms with van der Waals surface area (Å²) in [5.74, 6) is -1.02. The van der Waals surface area contributed by atoms with Crippen molar-refractivity contribution in [1.29, 1.82) is 0 Å². The Bertz CT molecular complexity index is 668. The van der Waals surface area contributed by atoms with Gasteiger partial charge in [-0.3, -0.25) is 9.59 Å². The number of imide groups is 1. The highest BCUT2D eigenvalue weighted by Crippen LogP contribution is 2.22. The van der Waals surface area contributed by atoms with Crippen LogP contribution >= 0.6 is 0 Å². The molecule has 1 aliphatic rings. The fourth-order valence-corrected chi connectivity index (χ4v) is 2.30. The van der Waals surface area contributed by atoms with Gasteiger partial charge in [0.2, 0.25) is 0 Å². The number of esters is 1. The van der Waals surface area contributed by atoms with Crippen LogP contribution in [-0.2, 0) is 14.3 Å². The number of nitrogens with zero attached hydrogens (tertiary/aromatic N) is 2. The third kappa shape index (κ3) is 3.31. The lowest BCUT2D eigenvalue weighted by molar-refractivity contribution is -0.147. The molecule has 0 aliphatic carbocycles. The number of nitrogens with one attached hydrogen (secondary N) is 1. The van der Waals surface area contributed by atoms with Crippen molar-refractivity contribution in [3.05, 3.63) is 29.8 Å². The largest absolute Gasteiger partial charge is 0.460 e. The molecule has 2 N–H and O–H groups in total. The molecule has 0 aromatic heterocycles. The minimum Gasteiger partial charge on any atom is -0.460 e. The zero-order chi connectivity index (χ0) is 17.1. The number of carbonyl (C=O) groups excluding carboxylic acids is 3. The first kappa shape index (κ1) is 16.5. The number of anilines is 1. The number of rotatable bonds is 4. The molecule has 0 saturated carbocycles. The Kier molecular flexibility index (Phi) is 4.63. The highest BCUT2D eigenvalue weighted by Gasteiger charge is 2.43. The molecule has 0 radical (unpaired) electrons. The van der Waals surface area contributed by atoms with E-state index in [4.69, 9.17) is 9.94 Å². The Labute approximate surface area is 132 Å². The lowest BCUT2D eigenvalue weighted by atomic mass is 10.1. The predicted molar refractivity (Wildman–Crippen MR) is 81.5 cm³/mol. The van der Waals surface area contributed by atoms with E-state index in [-0.39, 0.29) is 0 Å². The number of hydrogen-bond acceptors (Lipinski definition) is 6. The molecule has 2 unspecified atom stereocenters. The Morgan fingerprint density at radius 2 is 1.91 bits per heavy atom. The minimum absolute atomic E-state index is 0.375. The van der Waals surface area contributed by atoms with E-state index in [9.17, 15) is 14.4 Å². The summed E-state index contributed by atoms with van der Waals surface area (Å²) in [5, 5.41) is 14.3. The standard InChI is InChI=1S/C15H17N3O5/c1-8(17-22)11-4-6-12(7-5-11)18-14(20)13(16-15(18)21)9(2)23-10(3)19/h4-7,9,13,22H,1-3H3,(H,16,21). The first-order valence-electron chi connectivity index (χ1n) is 6.96. The highest BCUT2D eigenvalue weighted by atomic mass is 16.5. The van der Waals surface area contributed by atoms with Crippen molar-refractivity contribution in [2.24, 2.45) is 5.16 Å². The second-order valence-corrected chi connectivity index (χ2v) is 5.15. The van der Waals surface area contributed by atoms with Gasteiger partial charge in [0.25, 0.3) is 5.91 Å². The zero-order valence-electron chi connectivity index (χ0n) is 12.9. The van der Waals surface area contributed by atoms with E-state index in [1.165, 1.54) is 13.8 Å². The SMILES string of the molecule is CC(=O)OC(C)C1NC(=O)N(c2ccc(C(C)=NO)cc2)C1=O. The van der Waals surface area contributed by atoms with E-state index in [1.54, 1.807) is 31.2 Å². The Morgan fingerprint density at radius 3 is 2.43 bits per heavy atom. The Hall–Kier alpha value is -2.90. The number of ether oxygens (including phenoxy) is 1. The van der Waals surface area contributed by atoms with Crippen LogP contribution in [0.1, 0.15) is 26.3 Å². The van der Waals surface area contributed by atoms with Crippen molar-refractivity contribution in [3.8, 4) is 0 Å². The van der Waals surface area contributed by atoms with Gasteiger partial charge in [0.1, 0.15) is 12.1 Å². The first-order chi connectivity index (χ1) is 10.8. The molecule has 122 valence electrons. The summed E-state index contributed by atoms with van der Waals surface area (Å²) < 4.78 is 4.96. The summed E-state index contributed by atoms with van der Waals surface area (Å²) in [7, 11) is 0. The maximum atomic E-state index is 12.4. The molecule has 1 saturated heterocycles. The summed E-state index contributed by atoms with van der Waals surface area (Å²) in [6, 6.07) is 4.90. The lowest BCUT2D eigenvalue weighted by Gasteiger charge is -2.17. The third-order valence-electron chi connectivity index (χ3n) is 3.48. The second-order valence-electron chi connectivity index (χ2n) is 5.15. The van der Waals surface area contributed by atoms with Crippen LogP contribution in [0.2, 0.25) is 0 Å². The van der Waals surface area contributed by atoms with E-state index >= 15 is 0 Å². The van der Waals surface area contributed by atoms with Gasteiger partial charge in [-0.05, 0) is 31.5 Å². The minimum atomic E-state index is -0.924. The predicted octanol–water partition coefficient (Wildman–Crippen LogP) is 1.26. The molecule has 0 bridgehead atoms. The third-order valence-corrected chi connectivity index (χ3v) is 3.48. The van der Waals surface area contributed by atoms with Crippen molar-refractivity contribution >= 4 is 29.3 Å². The summed E-state index contributed by atoms with van der Waals surface area (Å²) in [5.41, 5.74) is 1.45. The van der Waals surface area contributed by atoms with Gasteiger partial charge >= 0.3 is 12.0 Å². The van der Waals surface area contributed by atoms with Crippen molar-refractivity contribution in [3.63, 3.8) is 0 Å². The van der Waals surface area contributed by atoms with Gasteiger partial charge in [0.05, 0.1) is 11.4 Å². The smallest absolute Gasteiger partial charge is 0.329 e. The number of benzene rings is 1. The summed E-state index contributed by atoms with van der Waals surface area (Å²) in [6.07, 6.45) is -0.767. The maximum Gasteiger partial charge on any atom is 0.329 e. The van der Waals surface area contributed by atoms with Gasteiger partial charge in [-0.2, -0.15) is 0 Å². The molecular formula is C15H17N3O5. The topological polar surface area (TPSA) is 108 Å². The van der Waals surface area contributed by atoms with Crippen molar-refractivity contribution in [1.82, 2.24) is 5.32 Å². The molecule has 1 aromatic carbocycles. The van der Waals surface area contributed by atoms with Crippen LogP contribution in [0.4, 0.5) is 10.5 Å². The van der Waals surface area contributed by atoms with Crippen LogP contribution in [0.3, 0.4) is 0 Å². The van der Waals surface area contributed by atoms with Gasteiger partial charge < -0.3 is 15.3 Å². The average molecular weight is 319 g/mol. The summed E-state index contributed by atoms with van der Waals surface area (Å²) in [4.78, 5) is 36.4. The van der Waals surface area contributed by atoms with E-state index in [2.05, 4.69) is 10.5 Å². The second kappa shape index (κ2) is 6.47. The fourth-order valence-electron chi connectivity index (χ4n) is 2.30. The van der Waals surface area contributed by atoms with Crippen LogP contribution in [0.15, 0.2) is 29.4 Å². The van der Waals surface area contributed by atoms with E-state index in [0.717, 1.165) is 4.90 Å². The van der Waals surface area contributed by atoms with Gasteiger partial charge in [-0.15, -0.1) is 0 Å². The average Bonchev–Trinajstić information content (AvgIpc) is 2.81. The highest BCUT2D eigenvalue weighted by molar-refractivity contribution is 6.21. The first-order valence-corrected chi connectivity index (χ1v) is 6.96. The van der Waals surface area contributed by atoms with Gasteiger partial charge in [0.15, 0.2) is 0 Å². The monoisotopic (exact) mass is 319 g/mol. The number of oxime groups is 1. The summed E-state index contributed by atoms with van der Waals surface area (Å²) >= 11 is 0. The molecule has 8 heteroatoms. The number of amides is 3. The normalized spacial score (nSPS) is 19.5. The van der Waals surface area contributed by atoms with Gasteiger partial charge in [-0.1, -0.05) is 17.3 Å². The molecule has 0 spiro atoms. The van der Waals surface area contributed by atoms with Gasteiger partial charge in [-0.25, -0.2) is 9.69 Å². The molecule has 1 aliphatic heterocycles. The Balaban J connectivity index is 2.21. The molecule has 2 rings (SSSR count). The number of carbonyl (C=O) groups is 3. The molecule has 2 atom stereocenters. The number of hydrogen-bond donors (Lipinski definition) is 2. The van der Waals surface area contributed by atoms with E-state index in [0.29, 0.717) is 17.0 Å². The van der Waals surface area contributed by atoms with E-state index in [1.807, 2.05) is 0 Å². The van der Waals surface area contributed by atoms with Crippen LogP contribution in [-0.4, -0.2) is 41.0 Å². The zero-order valence-corrected chi connectivity index (χ0v) is 12.9. The van der Waals surface area contributed by atoms with E-state index < -0.39 is 30.1 Å². The van der Waals surface area contributed by atoms with Crippen molar-refractivity contribution in [2.75, 3.05) is 4.90 Å². The molecule has 8 nitrogen and oxygen atoms in total. The number of urea groups is 1. The van der Waals surface area contributed by atoms with Crippen LogP contribution in [0, 0.1) is 0 Å². The summed E-state index contributed by atoms with van der Waals surface area (Å²) in [6.45, 7) is 4.40. The van der Waals surface area contributed by atoms with Gasteiger partial charge in [0, 0.05) is 6.92 Å². The molecule has 1 heterocycles. The molecule has 23 heavy (non-hydrogen) atoms. The quantitative estimate of drug-likeness (QED) is 0.285. The van der Waals surface area contributed by atoms with Crippen LogP contribution in [0.25, 0.3) is 0 Å². The molecule has 3 amide bonds. The van der Waals surface area contributed by atoms with Crippen LogP contribution in [0.5, 0.6) is 0 Å². The molecule has 1 aromatic rings.